The van der Waals surface area contributed by atoms with E-state index >= 15 is 0 Å². The highest BCUT2D eigenvalue weighted by atomic mass is 35.5. The Morgan fingerprint density at radius 2 is 1.68 bits per heavy atom. The number of hydrogen-bond acceptors (Lipinski definition) is 5. The number of carboxylic acids is 1. The molecule has 41 heavy (non-hydrogen) atoms. The van der Waals surface area contributed by atoms with E-state index in [9.17, 15) is 36.3 Å². The zero-order valence-electron chi connectivity index (χ0n) is 21.1. The minimum Gasteiger partial charge on any atom is -0.481 e. The van der Waals surface area contributed by atoms with Gasteiger partial charge in [-0.3, -0.25) is 9.59 Å². The number of ether oxygens (including phenoxy) is 1. The fourth-order valence-corrected chi connectivity index (χ4v) is 6.99. The molecule has 2 atom stereocenters. The summed E-state index contributed by atoms with van der Waals surface area (Å²) < 4.78 is 70.3. The summed E-state index contributed by atoms with van der Waals surface area (Å²) in [5.74, 6) is -2.34. The zero-order chi connectivity index (χ0) is 29.9. The van der Waals surface area contributed by atoms with Crippen molar-refractivity contribution in [1.29, 1.82) is 0 Å². The van der Waals surface area contributed by atoms with E-state index < -0.39 is 52.5 Å². The number of para-hydroxylation sites is 1. The molecule has 4 rings (SSSR count). The molecule has 1 saturated heterocycles. The van der Waals surface area contributed by atoms with Crippen molar-refractivity contribution in [3.05, 3.63) is 82.3 Å². The molecule has 3 aromatic rings. The second-order valence-corrected chi connectivity index (χ2v) is 12.0. The maximum absolute atomic E-state index is 13.3. The third-order valence-corrected chi connectivity index (χ3v) is 8.70. The molecular weight excluding hydrogens is 608 g/mol. The van der Waals surface area contributed by atoms with Gasteiger partial charge in [0.15, 0.2) is 0 Å². The second-order valence-electron chi connectivity index (χ2n) is 9.20. The molecule has 1 heterocycles. The molecule has 0 aromatic heterocycles. The first-order valence-electron chi connectivity index (χ1n) is 12.2. The Morgan fingerprint density at radius 1 is 1.05 bits per heavy atom. The number of carboxylic acid groups (broad SMARTS) is 1. The topological polar surface area (TPSA) is 113 Å². The van der Waals surface area contributed by atoms with E-state index in [1.54, 1.807) is 6.07 Å². The number of carbonyl (C=O) groups is 2. The third-order valence-electron chi connectivity index (χ3n) is 6.38. The molecule has 8 nitrogen and oxygen atoms in total. The van der Waals surface area contributed by atoms with Gasteiger partial charge in [-0.25, -0.2) is 8.42 Å². The average Bonchev–Trinajstić information content (AvgIpc) is 3.38. The summed E-state index contributed by atoms with van der Waals surface area (Å²) in [6.45, 7) is 0.0578. The number of aliphatic carboxylic acids is 1. The van der Waals surface area contributed by atoms with Gasteiger partial charge in [0.1, 0.15) is 11.8 Å². The van der Waals surface area contributed by atoms with Gasteiger partial charge in [0.25, 0.3) is 0 Å². The van der Waals surface area contributed by atoms with E-state index in [1.165, 1.54) is 60.7 Å². The normalized spacial score (nSPS) is 16.8. The summed E-state index contributed by atoms with van der Waals surface area (Å²) in [7, 11) is -4.16. The quantitative estimate of drug-likeness (QED) is 0.298. The van der Waals surface area contributed by atoms with Gasteiger partial charge in [-0.2, -0.15) is 4.31 Å². The van der Waals surface area contributed by atoms with Crippen LogP contribution in [0.25, 0.3) is 11.1 Å². The maximum Gasteiger partial charge on any atom is 0.573 e. The predicted molar refractivity (Wildman–Crippen MR) is 145 cm³/mol. The molecule has 3 aromatic carbocycles. The number of carbonyl (C=O) groups excluding carboxylic acids is 1. The smallest absolute Gasteiger partial charge is 0.481 e. The standard InChI is InChI=1S/C27H23Cl2F3N2O6S/c28-18-12-19(29)14-20(13-18)41(38,39)34-11-3-5-23(34)26(37)33-22(15-25(35)36)17-9-7-16(8-10-17)21-4-1-2-6-24(21)40-27(30,31)32/h1-2,4,6-10,12-14,22-23H,3,5,11,15H2,(H,33,37)(H,35,36)/t22-,23+/m1/s1. The van der Waals surface area contributed by atoms with Gasteiger partial charge < -0.3 is 15.2 Å². The van der Waals surface area contributed by atoms with E-state index in [1.807, 2.05) is 0 Å². The fourth-order valence-electron chi connectivity index (χ4n) is 4.61. The molecule has 0 radical (unpaired) electrons. The maximum atomic E-state index is 13.3. The van der Waals surface area contributed by atoms with Gasteiger partial charge in [0.2, 0.25) is 15.9 Å². The lowest BCUT2D eigenvalue weighted by molar-refractivity contribution is -0.274. The molecule has 1 aliphatic heterocycles. The third kappa shape index (κ3) is 7.50. The first-order chi connectivity index (χ1) is 19.2. The van der Waals surface area contributed by atoms with E-state index in [0.717, 1.165) is 4.31 Å². The van der Waals surface area contributed by atoms with Gasteiger partial charge in [-0.05, 0) is 48.2 Å². The Bertz CT molecular complexity index is 1530. The summed E-state index contributed by atoms with van der Waals surface area (Å²) in [6.07, 6.45) is -4.83. The van der Waals surface area contributed by atoms with E-state index in [0.29, 0.717) is 17.5 Å². The van der Waals surface area contributed by atoms with Gasteiger partial charge in [0.05, 0.1) is 17.4 Å². The number of rotatable bonds is 9. The van der Waals surface area contributed by atoms with Crippen molar-refractivity contribution in [2.45, 2.75) is 42.6 Å². The minimum atomic E-state index is -4.90. The molecule has 1 aliphatic rings. The molecule has 0 saturated carbocycles. The van der Waals surface area contributed by atoms with Crippen molar-refractivity contribution >= 4 is 45.1 Å². The SMILES string of the molecule is O=C(O)C[C@@H](NC(=O)[C@@H]1CCCN1S(=O)(=O)c1cc(Cl)cc(Cl)c1)c1ccc(-c2ccccc2OC(F)(F)F)cc1. The minimum absolute atomic E-state index is 0.0578. The Balaban J connectivity index is 1.57. The molecule has 0 bridgehead atoms. The van der Waals surface area contributed by atoms with Gasteiger partial charge in [-0.15, -0.1) is 13.2 Å². The van der Waals surface area contributed by atoms with Crippen molar-refractivity contribution in [2.75, 3.05) is 6.54 Å². The highest BCUT2D eigenvalue weighted by Crippen LogP contribution is 2.35. The van der Waals surface area contributed by atoms with Crippen LogP contribution in [0.1, 0.15) is 30.9 Å². The number of alkyl halides is 3. The van der Waals surface area contributed by atoms with Crippen molar-refractivity contribution in [1.82, 2.24) is 9.62 Å². The lowest BCUT2D eigenvalue weighted by Gasteiger charge is -2.26. The predicted octanol–water partition coefficient (Wildman–Crippen LogP) is 6.04. The van der Waals surface area contributed by atoms with Crippen molar-refractivity contribution < 1.29 is 41.0 Å². The molecule has 0 unspecified atom stereocenters. The Morgan fingerprint density at radius 3 is 2.29 bits per heavy atom. The van der Waals surface area contributed by atoms with Crippen LogP contribution in [0.5, 0.6) is 5.75 Å². The van der Waals surface area contributed by atoms with Crippen molar-refractivity contribution in [3.63, 3.8) is 0 Å². The molecule has 0 aliphatic carbocycles. The number of benzene rings is 3. The molecular formula is C27H23Cl2F3N2O6S. The molecule has 0 spiro atoms. The summed E-state index contributed by atoms with van der Waals surface area (Å²) in [5.41, 5.74) is 0.873. The number of nitrogens with zero attached hydrogens (tertiary/aromatic N) is 1. The molecule has 2 N–H and O–H groups in total. The van der Waals surface area contributed by atoms with Crippen LogP contribution in [0.4, 0.5) is 13.2 Å². The van der Waals surface area contributed by atoms with Crippen LogP contribution in [-0.2, 0) is 19.6 Å². The first kappa shape index (κ1) is 30.6. The Hall–Kier alpha value is -3.32. The number of hydrogen-bond donors (Lipinski definition) is 2. The zero-order valence-corrected chi connectivity index (χ0v) is 23.4. The van der Waals surface area contributed by atoms with Crippen LogP contribution in [0.2, 0.25) is 10.0 Å². The highest BCUT2D eigenvalue weighted by Gasteiger charge is 2.40. The lowest BCUT2D eigenvalue weighted by atomic mass is 9.98. The molecule has 218 valence electrons. The van der Waals surface area contributed by atoms with E-state index in [4.69, 9.17) is 23.2 Å². The highest BCUT2D eigenvalue weighted by molar-refractivity contribution is 7.89. The van der Waals surface area contributed by atoms with Crippen LogP contribution in [-0.4, -0.2) is 48.7 Å². The second kappa shape index (κ2) is 12.3. The van der Waals surface area contributed by atoms with E-state index in [2.05, 4.69) is 10.1 Å². The summed E-state index contributed by atoms with van der Waals surface area (Å²) in [5, 5.41) is 12.3. The number of halogens is 5. The largest absolute Gasteiger partial charge is 0.573 e. The number of nitrogens with one attached hydrogen (secondary N) is 1. The molecule has 14 heteroatoms. The van der Waals surface area contributed by atoms with Crippen LogP contribution in [0.15, 0.2) is 71.6 Å². The first-order valence-corrected chi connectivity index (χ1v) is 14.4. The summed E-state index contributed by atoms with van der Waals surface area (Å²) in [6, 6.07) is 13.1. The Kier molecular flexibility index (Phi) is 9.17. The van der Waals surface area contributed by atoms with Crippen molar-refractivity contribution in [3.8, 4) is 16.9 Å². The summed E-state index contributed by atoms with van der Waals surface area (Å²) >= 11 is 11.9. The van der Waals surface area contributed by atoms with Gasteiger partial charge in [-0.1, -0.05) is 65.7 Å². The Labute approximate surface area is 243 Å². The molecule has 1 amide bonds. The van der Waals surface area contributed by atoms with Crippen LogP contribution < -0.4 is 10.1 Å². The van der Waals surface area contributed by atoms with E-state index in [-0.39, 0.29) is 33.5 Å². The average molecular weight is 631 g/mol. The van der Waals surface area contributed by atoms with Gasteiger partial charge >= 0.3 is 12.3 Å². The van der Waals surface area contributed by atoms with Crippen LogP contribution in [0, 0.1) is 0 Å². The lowest BCUT2D eigenvalue weighted by Crippen LogP contribution is -2.47. The number of amides is 1. The van der Waals surface area contributed by atoms with Gasteiger partial charge in [0, 0.05) is 22.2 Å². The molecule has 1 fully saturated rings. The summed E-state index contributed by atoms with van der Waals surface area (Å²) in [4.78, 5) is 24.8. The monoisotopic (exact) mass is 630 g/mol. The van der Waals surface area contributed by atoms with Crippen LogP contribution >= 0.6 is 23.2 Å². The van der Waals surface area contributed by atoms with Crippen LogP contribution in [0.3, 0.4) is 0 Å². The fraction of sp³-hybridized carbons (Fsp3) is 0.259. The van der Waals surface area contributed by atoms with Crippen molar-refractivity contribution in [2.24, 2.45) is 0 Å². The number of sulfonamides is 1.